The lowest BCUT2D eigenvalue weighted by Crippen LogP contribution is -2.45. The third-order valence-electron chi connectivity index (χ3n) is 5.39. The first kappa shape index (κ1) is 19.7. The largest absolute Gasteiger partial charge is 0.481 e. The summed E-state index contributed by atoms with van der Waals surface area (Å²) in [5.41, 5.74) is 0. The van der Waals surface area contributed by atoms with Gasteiger partial charge in [0.1, 0.15) is 0 Å². The summed E-state index contributed by atoms with van der Waals surface area (Å²) < 4.78 is 0. The van der Waals surface area contributed by atoms with Crippen LogP contribution < -0.4 is 5.32 Å². The molecule has 2 heterocycles. The molecule has 25 heavy (non-hydrogen) atoms. The third kappa shape index (κ3) is 6.65. The Morgan fingerprint density at radius 2 is 1.80 bits per heavy atom. The van der Waals surface area contributed by atoms with Crippen molar-refractivity contribution in [2.75, 3.05) is 39.8 Å². The van der Waals surface area contributed by atoms with Crippen LogP contribution in [0.1, 0.15) is 44.9 Å². The van der Waals surface area contributed by atoms with Gasteiger partial charge in [0.15, 0.2) is 0 Å². The standard InChI is InChI=1S/C18H31N3O4/c1-20-11-7-14(8-12-20)4-5-16(22)21-10-2-3-15(13-21)18(25)19-9-6-17(23)24/h14-15H,2-13H2,1H3,(H,19,25)(H,23,24). The van der Waals surface area contributed by atoms with Gasteiger partial charge < -0.3 is 20.2 Å². The van der Waals surface area contributed by atoms with Crippen molar-refractivity contribution in [1.82, 2.24) is 15.1 Å². The minimum absolute atomic E-state index is 0.0717. The highest BCUT2D eigenvalue weighted by Gasteiger charge is 2.28. The molecule has 0 radical (unpaired) electrons. The van der Waals surface area contributed by atoms with E-state index in [-0.39, 0.29) is 30.7 Å². The first-order valence-corrected chi connectivity index (χ1v) is 9.41. The van der Waals surface area contributed by atoms with Crippen molar-refractivity contribution in [3.8, 4) is 0 Å². The van der Waals surface area contributed by atoms with Gasteiger partial charge in [-0.3, -0.25) is 14.4 Å². The molecule has 0 aliphatic carbocycles. The number of aliphatic carboxylic acids is 1. The van der Waals surface area contributed by atoms with E-state index in [4.69, 9.17) is 5.11 Å². The molecule has 2 aliphatic heterocycles. The van der Waals surface area contributed by atoms with Crippen LogP contribution in [0.2, 0.25) is 0 Å². The number of hydrogen-bond acceptors (Lipinski definition) is 4. The number of carboxylic acids is 1. The highest BCUT2D eigenvalue weighted by Crippen LogP contribution is 2.23. The molecule has 2 amide bonds. The topological polar surface area (TPSA) is 90.0 Å². The van der Waals surface area contributed by atoms with Crippen LogP contribution in [0.25, 0.3) is 0 Å². The van der Waals surface area contributed by atoms with Gasteiger partial charge in [0.25, 0.3) is 0 Å². The number of nitrogens with zero attached hydrogens (tertiary/aromatic N) is 2. The van der Waals surface area contributed by atoms with E-state index < -0.39 is 5.97 Å². The van der Waals surface area contributed by atoms with Crippen molar-refractivity contribution in [3.05, 3.63) is 0 Å². The van der Waals surface area contributed by atoms with Gasteiger partial charge in [-0.15, -0.1) is 0 Å². The van der Waals surface area contributed by atoms with Gasteiger partial charge in [0, 0.05) is 26.1 Å². The fourth-order valence-electron chi connectivity index (χ4n) is 3.69. The minimum atomic E-state index is -0.922. The quantitative estimate of drug-likeness (QED) is 0.711. The normalized spacial score (nSPS) is 22.6. The number of carbonyl (C=O) groups is 3. The van der Waals surface area contributed by atoms with Crippen molar-refractivity contribution >= 4 is 17.8 Å². The molecule has 7 nitrogen and oxygen atoms in total. The van der Waals surface area contributed by atoms with E-state index in [0.29, 0.717) is 18.9 Å². The molecule has 0 spiro atoms. The maximum Gasteiger partial charge on any atom is 0.305 e. The Morgan fingerprint density at radius 1 is 1.08 bits per heavy atom. The van der Waals surface area contributed by atoms with Crippen LogP contribution in [0.4, 0.5) is 0 Å². The number of rotatable bonds is 7. The summed E-state index contributed by atoms with van der Waals surface area (Å²) in [5.74, 6) is -0.472. The summed E-state index contributed by atoms with van der Waals surface area (Å²) in [6.07, 6.45) is 5.36. The van der Waals surface area contributed by atoms with Crippen molar-refractivity contribution in [1.29, 1.82) is 0 Å². The molecule has 0 aromatic carbocycles. The summed E-state index contributed by atoms with van der Waals surface area (Å²) in [6.45, 7) is 3.56. The van der Waals surface area contributed by atoms with Gasteiger partial charge in [-0.05, 0) is 58.2 Å². The van der Waals surface area contributed by atoms with Gasteiger partial charge in [0.2, 0.25) is 11.8 Å². The molecular weight excluding hydrogens is 322 g/mol. The van der Waals surface area contributed by atoms with Gasteiger partial charge in [0.05, 0.1) is 12.3 Å². The van der Waals surface area contributed by atoms with Crippen LogP contribution >= 0.6 is 0 Å². The number of hydrogen-bond donors (Lipinski definition) is 2. The summed E-state index contributed by atoms with van der Waals surface area (Å²) in [4.78, 5) is 39.3. The van der Waals surface area contributed by atoms with Crippen LogP contribution in [0, 0.1) is 11.8 Å². The SMILES string of the molecule is CN1CCC(CCC(=O)N2CCCC(C(=O)NCCC(=O)O)C2)CC1. The molecule has 2 N–H and O–H groups in total. The van der Waals surface area contributed by atoms with E-state index in [2.05, 4.69) is 17.3 Å². The Balaban J connectivity index is 1.71. The van der Waals surface area contributed by atoms with E-state index in [1.807, 2.05) is 4.90 Å². The minimum Gasteiger partial charge on any atom is -0.481 e. The van der Waals surface area contributed by atoms with Gasteiger partial charge in [-0.25, -0.2) is 0 Å². The predicted octanol–water partition coefficient (Wildman–Crippen LogP) is 0.938. The lowest BCUT2D eigenvalue weighted by atomic mass is 9.91. The summed E-state index contributed by atoms with van der Waals surface area (Å²) in [6, 6.07) is 0. The molecule has 0 aromatic rings. The average Bonchev–Trinajstić information content (AvgIpc) is 2.60. The lowest BCUT2D eigenvalue weighted by Gasteiger charge is -2.33. The molecule has 7 heteroatoms. The van der Waals surface area contributed by atoms with E-state index in [9.17, 15) is 14.4 Å². The molecule has 2 fully saturated rings. The highest BCUT2D eigenvalue weighted by atomic mass is 16.4. The maximum atomic E-state index is 12.5. The van der Waals surface area contributed by atoms with Crippen molar-refractivity contribution in [3.63, 3.8) is 0 Å². The van der Waals surface area contributed by atoms with Crippen LogP contribution in [-0.4, -0.2) is 72.5 Å². The van der Waals surface area contributed by atoms with E-state index in [1.54, 1.807) is 0 Å². The predicted molar refractivity (Wildman–Crippen MR) is 94.0 cm³/mol. The van der Waals surface area contributed by atoms with Crippen LogP contribution in [-0.2, 0) is 14.4 Å². The molecule has 1 unspecified atom stereocenters. The zero-order chi connectivity index (χ0) is 18.2. The zero-order valence-electron chi connectivity index (χ0n) is 15.2. The number of amides is 2. The monoisotopic (exact) mass is 353 g/mol. The number of nitrogens with one attached hydrogen (secondary N) is 1. The number of carbonyl (C=O) groups excluding carboxylic acids is 2. The molecule has 0 bridgehead atoms. The fourth-order valence-corrected chi connectivity index (χ4v) is 3.69. The van der Waals surface area contributed by atoms with Crippen LogP contribution in [0.3, 0.4) is 0 Å². The van der Waals surface area contributed by atoms with Crippen molar-refractivity contribution < 1.29 is 19.5 Å². The molecule has 0 aromatic heterocycles. The summed E-state index contributed by atoms with van der Waals surface area (Å²) >= 11 is 0. The third-order valence-corrected chi connectivity index (χ3v) is 5.39. The summed E-state index contributed by atoms with van der Waals surface area (Å²) in [7, 11) is 2.14. The Bertz CT molecular complexity index is 475. The van der Waals surface area contributed by atoms with E-state index in [1.165, 1.54) is 12.8 Å². The smallest absolute Gasteiger partial charge is 0.305 e. The first-order valence-electron chi connectivity index (χ1n) is 9.41. The van der Waals surface area contributed by atoms with Gasteiger partial charge in [-0.1, -0.05) is 0 Å². The van der Waals surface area contributed by atoms with Gasteiger partial charge >= 0.3 is 5.97 Å². The molecule has 1 atom stereocenters. The Labute approximate surface area is 149 Å². The Hall–Kier alpha value is -1.63. The highest BCUT2D eigenvalue weighted by molar-refractivity contribution is 5.81. The molecule has 2 aliphatic rings. The number of carboxylic acid groups (broad SMARTS) is 1. The molecule has 142 valence electrons. The van der Waals surface area contributed by atoms with E-state index >= 15 is 0 Å². The second-order valence-electron chi connectivity index (χ2n) is 7.40. The lowest BCUT2D eigenvalue weighted by molar-refractivity contribution is -0.137. The maximum absolute atomic E-state index is 12.5. The van der Waals surface area contributed by atoms with Gasteiger partial charge in [-0.2, -0.15) is 0 Å². The van der Waals surface area contributed by atoms with Crippen molar-refractivity contribution in [2.45, 2.75) is 44.9 Å². The second-order valence-corrected chi connectivity index (χ2v) is 7.40. The molecular formula is C18H31N3O4. The summed E-state index contributed by atoms with van der Waals surface area (Å²) in [5, 5.41) is 11.3. The Kier molecular flexibility index (Phi) is 7.68. The molecule has 0 saturated carbocycles. The first-order chi connectivity index (χ1) is 12.0. The van der Waals surface area contributed by atoms with E-state index in [0.717, 1.165) is 38.9 Å². The van der Waals surface area contributed by atoms with Crippen molar-refractivity contribution in [2.24, 2.45) is 11.8 Å². The van der Waals surface area contributed by atoms with Crippen LogP contribution in [0.15, 0.2) is 0 Å². The second kappa shape index (κ2) is 9.75. The number of piperidine rings is 2. The average molecular weight is 353 g/mol. The molecule has 2 rings (SSSR count). The fraction of sp³-hybridized carbons (Fsp3) is 0.833. The number of likely N-dealkylation sites (tertiary alicyclic amines) is 2. The zero-order valence-corrected chi connectivity index (χ0v) is 15.2. The van der Waals surface area contributed by atoms with Crippen LogP contribution in [0.5, 0.6) is 0 Å². The Morgan fingerprint density at radius 3 is 2.48 bits per heavy atom. The molecule has 2 saturated heterocycles.